The fraction of sp³-hybridized carbons (Fsp3) is 0.917. The van der Waals surface area contributed by atoms with E-state index in [1.807, 2.05) is 0 Å². The Balaban J connectivity index is 2.46. The van der Waals surface area contributed by atoms with Gasteiger partial charge in [0.05, 0.1) is 18.8 Å². The third kappa shape index (κ3) is 6.42. The van der Waals surface area contributed by atoms with Crippen molar-refractivity contribution in [1.82, 2.24) is 4.90 Å². The van der Waals surface area contributed by atoms with E-state index in [-0.39, 0.29) is 19.1 Å². The predicted octanol–water partition coefficient (Wildman–Crippen LogP) is 0.231. The maximum atomic E-state index is 12.1. The van der Waals surface area contributed by atoms with Gasteiger partial charge in [0.25, 0.3) is 0 Å². The SMILES string of the molecule is COP(=O)(O)OC[C@@H]1C[C@@H](O)CN1C(=O)CCCCCN. The van der Waals surface area contributed by atoms with Crippen molar-refractivity contribution in [1.29, 1.82) is 0 Å². The van der Waals surface area contributed by atoms with Crippen molar-refractivity contribution in [3.05, 3.63) is 0 Å². The van der Waals surface area contributed by atoms with Crippen molar-refractivity contribution >= 4 is 13.7 Å². The molecule has 1 fully saturated rings. The van der Waals surface area contributed by atoms with Crippen LogP contribution in [0.1, 0.15) is 32.1 Å². The number of rotatable bonds is 9. The van der Waals surface area contributed by atoms with Crippen molar-refractivity contribution < 1.29 is 28.4 Å². The zero-order chi connectivity index (χ0) is 15.9. The van der Waals surface area contributed by atoms with Gasteiger partial charge < -0.3 is 20.6 Å². The van der Waals surface area contributed by atoms with E-state index < -0.39 is 20.0 Å². The van der Waals surface area contributed by atoms with Gasteiger partial charge >= 0.3 is 7.82 Å². The molecule has 1 unspecified atom stereocenters. The highest BCUT2D eigenvalue weighted by Gasteiger charge is 2.35. The molecule has 0 aromatic carbocycles. The van der Waals surface area contributed by atoms with Gasteiger partial charge in [0, 0.05) is 20.1 Å². The number of aliphatic hydroxyl groups excluding tert-OH is 1. The fourth-order valence-corrected chi connectivity index (χ4v) is 2.80. The topological polar surface area (TPSA) is 122 Å². The van der Waals surface area contributed by atoms with Crippen LogP contribution in [0.4, 0.5) is 0 Å². The van der Waals surface area contributed by atoms with E-state index in [9.17, 15) is 19.4 Å². The van der Waals surface area contributed by atoms with E-state index in [0.29, 0.717) is 19.4 Å². The summed E-state index contributed by atoms with van der Waals surface area (Å²) in [5.41, 5.74) is 5.39. The normalized spacial score (nSPS) is 25.0. The summed E-state index contributed by atoms with van der Waals surface area (Å²) in [6.07, 6.45) is 2.58. The first-order valence-electron chi connectivity index (χ1n) is 7.10. The molecule has 0 spiro atoms. The van der Waals surface area contributed by atoms with Crippen molar-refractivity contribution in [2.24, 2.45) is 5.73 Å². The molecule has 21 heavy (non-hydrogen) atoms. The number of likely N-dealkylation sites (tertiary alicyclic amines) is 1. The number of hydrogen-bond acceptors (Lipinski definition) is 6. The maximum Gasteiger partial charge on any atom is 0.471 e. The molecule has 124 valence electrons. The zero-order valence-corrected chi connectivity index (χ0v) is 13.2. The summed E-state index contributed by atoms with van der Waals surface area (Å²) >= 11 is 0. The lowest BCUT2D eigenvalue weighted by Gasteiger charge is -2.24. The minimum Gasteiger partial charge on any atom is -0.391 e. The standard InChI is InChI=1S/C12H25N2O6P/c1-19-21(17,18)20-9-10-7-11(15)8-14(10)12(16)5-3-2-4-6-13/h10-11,15H,2-9,13H2,1H3,(H,17,18)/t10-,11+/m0/s1. The van der Waals surface area contributed by atoms with Crippen LogP contribution in [0.3, 0.4) is 0 Å². The Hall–Kier alpha value is -0.500. The van der Waals surface area contributed by atoms with E-state index in [1.165, 1.54) is 4.90 Å². The number of carbonyl (C=O) groups is 1. The summed E-state index contributed by atoms with van der Waals surface area (Å²) in [6.45, 7) is 0.704. The molecular weight excluding hydrogens is 299 g/mol. The van der Waals surface area contributed by atoms with Crippen LogP contribution < -0.4 is 5.73 Å². The molecular formula is C12H25N2O6P. The van der Waals surface area contributed by atoms with Crippen LogP contribution in [0.25, 0.3) is 0 Å². The third-order valence-corrected chi connectivity index (χ3v) is 4.41. The van der Waals surface area contributed by atoms with Gasteiger partial charge in [0.15, 0.2) is 0 Å². The highest BCUT2D eigenvalue weighted by Crippen LogP contribution is 2.42. The lowest BCUT2D eigenvalue weighted by atomic mass is 10.1. The average molecular weight is 324 g/mol. The van der Waals surface area contributed by atoms with Crippen LogP contribution in [-0.4, -0.2) is 59.8 Å². The van der Waals surface area contributed by atoms with Gasteiger partial charge in [-0.3, -0.25) is 13.8 Å². The van der Waals surface area contributed by atoms with Gasteiger partial charge in [-0.25, -0.2) is 4.57 Å². The largest absolute Gasteiger partial charge is 0.471 e. The molecule has 1 aliphatic heterocycles. The number of carbonyl (C=O) groups excluding carboxylic acids is 1. The first-order valence-corrected chi connectivity index (χ1v) is 8.60. The number of phosphoric ester groups is 1. The summed E-state index contributed by atoms with van der Waals surface area (Å²) in [6, 6.07) is -0.405. The Morgan fingerprint density at radius 1 is 1.43 bits per heavy atom. The lowest BCUT2D eigenvalue weighted by Crippen LogP contribution is -2.38. The summed E-state index contributed by atoms with van der Waals surface area (Å²) < 4.78 is 20.4. The monoisotopic (exact) mass is 324 g/mol. The van der Waals surface area contributed by atoms with Crippen LogP contribution in [0.15, 0.2) is 0 Å². The Morgan fingerprint density at radius 3 is 2.76 bits per heavy atom. The highest BCUT2D eigenvalue weighted by atomic mass is 31.2. The van der Waals surface area contributed by atoms with E-state index in [2.05, 4.69) is 4.52 Å². The zero-order valence-electron chi connectivity index (χ0n) is 12.3. The minimum atomic E-state index is -4.07. The number of β-amino-alcohol motifs (C(OH)–C–C–N with tert-alkyl or cyclic N) is 1. The molecule has 1 amide bonds. The maximum absolute atomic E-state index is 12.1. The number of amides is 1. The molecule has 0 aromatic heterocycles. The fourth-order valence-electron chi connectivity index (χ4n) is 2.33. The van der Waals surface area contributed by atoms with Gasteiger partial charge in [-0.15, -0.1) is 0 Å². The summed E-state index contributed by atoms with van der Waals surface area (Å²) in [7, 11) is -2.99. The minimum absolute atomic E-state index is 0.0811. The van der Waals surface area contributed by atoms with E-state index in [4.69, 9.17) is 10.3 Å². The smallest absolute Gasteiger partial charge is 0.391 e. The van der Waals surface area contributed by atoms with Crippen molar-refractivity contribution in [3.8, 4) is 0 Å². The van der Waals surface area contributed by atoms with E-state index in [0.717, 1.165) is 26.4 Å². The lowest BCUT2D eigenvalue weighted by molar-refractivity contribution is -0.133. The van der Waals surface area contributed by atoms with E-state index in [1.54, 1.807) is 0 Å². The summed E-state index contributed by atoms with van der Waals surface area (Å²) in [5.74, 6) is -0.0811. The van der Waals surface area contributed by atoms with Crippen LogP contribution >= 0.6 is 7.82 Å². The molecule has 0 aliphatic carbocycles. The molecule has 1 aliphatic rings. The second-order valence-electron chi connectivity index (χ2n) is 5.14. The first kappa shape index (κ1) is 18.5. The second kappa shape index (κ2) is 8.82. The average Bonchev–Trinajstić information content (AvgIpc) is 2.82. The number of hydrogen-bond donors (Lipinski definition) is 3. The summed E-state index contributed by atoms with van der Waals surface area (Å²) in [4.78, 5) is 22.8. The van der Waals surface area contributed by atoms with Crippen molar-refractivity contribution in [2.75, 3.05) is 26.8 Å². The van der Waals surface area contributed by atoms with Crippen LogP contribution in [0, 0.1) is 0 Å². The van der Waals surface area contributed by atoms with E-state index >= 15 is 0 Å². The van der Waals surface area contributed by atoms with Crippen LogP contribution in [-0.2, 0) is 18.4 Å². The number of phosphoric acid groups is 1. The number of nitrogens with two attached hydrogens (primary N) is 1. The molecule has 1 rings (SSSR count). The predicted molar refractivity (Wildman–Crippen MR) is 76.4 cm³/mol. The number of nitrogens with zero attached hydrogens (tertiary/aromatic N) is 1. The molecule has 4 N–H and O–H groups in total. The molecule has 0 saturated carbocycles. The third-order valence-electron chi connectivity index (χ3n) is 3.47. The Kier molecular flexibility index (Phi) is 7.79. The highest BCUT2D eigenvalue weighted by molar-refractivity contribution is 7.47. The number of aliphatic hydroxyl groups is 1. The molecule has 1 heterocycles. The molecule has 0 radical (unpaired) electrons. The Labute approximate surface area is 124 Å². The van der Waals surface area contributed by atoms with Crippen LogP contribution in [0.5, 0.6) is 0 Å². The van der Waals surface area contributed by atoms with Crippen molar-refractivity contribution in [3.63, 3.8) is 0 Å². The molecule has 0 aromatic rings. The van der Waals surface area contributed by atoms with Gasteiger partial charge in [-0.05, 0) is 25.8 Å². The second-order valence-corrected chi connectivity index (χ2v) is 6.70. The van der Waals surface area contributed by atoms with Crippen molar-refractivity contribution in [2.45, 2.75) is 44.2 Å². The first-order chi connectivity index (χ1) is 9.89. The van der Waals surface area contributed by atoms with Gasteiger partial charge in [-0.1, -0.05) is 6.42 Å². The molecule has 8 nitrogen and oxygen atoms in total. The van der Waals surface area contributed by atoms with Gasteiger partial charge in [-0.2, -0.15) is 0 Å². The molecule has 3 atom stereocenters. The molecule has 1 saturated heterocycles. The Morgan fingerprint density at radius 2 is 2.14 bits per heavy atom. The Bertz CT molecular complexity index is 381. The number of unbranched alkanes of at least 4 members (excludes halogenated alkanes) is 2. The van der Waals surface area contributed by atoms with Crippen LogP contribution in [0.2, 0.25) is 0 Å². The summed E-state index contributed by atoms with van der Waals surface area (Å²) in [5, 5.41) is 9.69. The van der Waals surface area contributed by atoms with Gasteiger partial charge in [0.1, 0.15) is 0 Å². The quantitative estimate of drug-likeness (QED) is 0.410. The molecule has 0 bridgehead atoms. The van der Waals surface area contributed by atoms with Gasteiger partial charge in [0.2, 0.25) is 5.91 Å². The molecule has 9 heteroatoms.